The second kappa shape index (κ2) is 3.26. The number of thioether (sulfide) groups is 1. The molecule has 2 aromatic rings. The molecule has 0 saturated heterocycles. The Morgan fingerprint density at radius 2 is 2.15 bits per heavy atom. The maximum atomic E-state index is 9.77. The molecule has 2 rings (SSSR count). The van der Waals surface area contributed by atoms with Crippen molar-refractivity contribution in [1.29, 1.82) is 0 Å². The number of nitrogens with zero attached hydrogens (tertiary/aromatic N) is 1. The van der Waals surface area contributed by atoms with Crippen LogP contribution in [0.2, 0.25) is 0 Å². The van der Waals surface area contributed by atoms with E-state index in [4.69, 9.17) is 0 Å². The van der Waals surface area contributed by atoms with Crippen molar-refractivity contribution < 1.29 is 5.11 Å². The van der Waals surface area contributed by atoms with E-state index >= 15 is 0 Å². The third kappa shape index (κ3) is 1.35. The summed E-state index contributed by atoms with van der Waals surface area (Å²) < 4.78 is 0. The van der Waals surface area contributed by atoms with E-state index in [1.165, 1.54) is 11.8 Å². The number of pyridine rings is 1. The van der Waals surface area contributed by atoms with Crippen molar-refractivity contribution >= 4 is 22.7 Å². The molecule has 0 fully saturated rings. The molecule has 0 spiro atoms. The third-order valence-electron chi connectivity index (χ3n) is 1.93. The van der Waals surface area contributed by atoms with Crippen molar-refractivity contribution in [2.75, 3.05) is 6.26 Å². The second-order valence-electron chi connectivity index (χ2n) is 2.69. The molecule has 1 aromatic carbocycles. The van der Waals surface area contributed by atoms with Crippen LogP contribution < -0.4 is 0 Å². The zero-order valence-electron chi connectivity index (χ0n) is 7.19. The van der Waals surface area contributed by atoms with Crippen molar-refractivity contribution in [3.8, 4) is 5.75 Å². The molecule has 1 aromatic heterocycles. The second-order valence-corrected chi connectivity index (χ2v) is 3.54. The number of aromatic nitrogens is 1. The molecular formula is C10H9NOS. The van der Waals surface area contributed by atoms with Gasteiger partial charge in [0.05, 0.1) is 4.90 Å². The fraction of sp³-hybridized carbons (Fsp3) is 0.100. The molecule has 0 radical (unpaired) electrons. The van der Waals surface area contributed by atoms with Crippen LogP contribution >= 0.6 is 11.8 Å². The number of hydrogen-bond acceptors (Lipinski definition) is 3. The number of fused-ring (bicyclic) bond motifs is 1. The SMILES string of the molecule is CSc1ccc2cccnc2c1O. The molecule has 0 aliphatic carbocycles. The zero-order valence-corrected chi connectivity index (χ0v) is 8.01. The van der Waals surface area contributed by atoms with E-state index in [-0.39, 0.29) is 5.75 Å². The van der Waals surface area contributed by atoms with Gasteiger partial charge in [-0.15, -0.1) is 11.8 Å². The summed E-state index contributed by atoms with van der Waals surface area (Å²) in [7, 11) is 0. The van der Waals surface area contributed by atoms with Crippen LogP contribution in [-0.2, 0) is 0 Å². The van der Waals surface area contributed by atoms with Gasteiger partial charge in [-0.2, -0.15) is 0 Å². The summed E-state index contributed by atoms with van der Waals surface area (Å²) in [5.74, 6) is 0.283. The molecule has 0 aliphatic heterocycles. The quantitative estimate of drug-likeness (QED) is 0.703. The van der Waals surface area contributed by atoms with Crippen molar-refractivity contribution in [2.24, 2.45) is 0 Å². The van der Waals surface area contributed by atoms with Crippen LogP contribution in [0.25, 0.3) is 10.9 Å². The van der Waals surface area contributed by atoms with Crippen LogP contribution in [-0.4, -0.2) is 16.3 Å². The van der Waals surface area contributed by atoms with E-state index in [0.717, 1.165) is 10.3 Å². The molecule has 0 aliphatic rings. The van der Waals surface area contributed by atoms with Crippen LogP contribution in [0, 0.1) is 0 Å². The highest BCUT2D eigenvalue weighted by atomic mass is 32.2. The summed E-state index contributed by atoms with van der Waals surface area (Å²) in [6, 6.07) is 7.67. The number of benzene rings is 1. The Balaban J connectivity index is 2.79. The van der Waals surface area contributed by atoms with Crippen molar-refractivity contribution in [2.45, 2.75) is 4.90 Å². The average Bonchev–Trinajstić information content (AvgIpc) is 2.19. The van der Waals surface area contributed by atoms with Crippen LogP contribution in [0.4, 0.5) is 0 Å². The van der Waals surface area contributed by atoms with E-state index in [2.05, 4.69) is 4.98 Å². The highest BCUT2D eigenvalue weighted by molar-refractivity contribution is 7.98. The molecule has 3 heteroatoms. The lowest BCUT2D eigenvalue weighted by Gasteiger charge is -2.03. The fourth-order valence-electron chi connectivity index (χ4n) is 1.28. The molecule has 0 unspecified atom stereocenters. The lowest BCUT2D eigenvalue weighted by atomic mass is 10.2. The van der Waals surface area contributed by atoms with Gasteiger partial charge >= 0.3 is 0 Å². The Labute approximate surface area is 80.6 Å². The van der Waals surface area contributed by atoms with E-state index in [1.807, 2.05) is 30.5 Å². The molecule has 0 saturated carbocycles. The first-order valence-corrected chi connectivity index (χ1v) is 5.16. The standard InChI is InChI=1S/C10H9NOS/c1-13-8-5-4-7-3-2-6-11-9(7)10(8)12/h2-6,12H,1H3. The summed E-state index contributed by atoms with van der Waals surface area (Å²) in [6.45, 7) is 0. The van der Waals surface area contributed by atoms with Crippen LogP contribution in [0.3, 0.4) is 0 Å². The maximum absolute atomic E-state index is 9.77. The highest BCUT2D eigenvalue weighted by Crippen LogP contribution is 2.32. The van der Waals surface area contributed by atoms with Gasteiger partial charge in [-0.25, -0.2) is 0 Å². The van der Waals surface area contributed by atoms with Gasteiger partial charge in [-0.3, -0.25) is 4.98 Å². The summed E-state index contributed by atoms with van der Waals surface area (Å²) >= 11 is 1.52. The Morgan fingerprint density at radius 3 is 2.92 bits per heavy atom. The molecule has 0 bridgehead atoms. The molecule has 66 valence electrons. The first-order chi connectivity index (χ1) is 6.33. The minimum atomic E-state index is 0.283. The summed E-state index contributed by atoms with van der Waals surface area (Å²) in [6.07, 6.45) is 3.62. The Kier molecular flexibility index (Phi) is 2.10. The predicted molar refractivity (Wildman–Crippen MR) is 55.2 cm³/mol. The minimum Gasteiger partial charge on any atom is -0.505 e. The first-order valence-electron chi connectivity index (χ1n) is 3.93. The lowest BCUT2D eigenvalue weighted by Crippen LogP contribution is -1.80. The van der Waals surface area contributed by atoms with Crippen LogP contribution in [0.1, 0.15) is 0 Å². The number of hydrogen-bond donors (Lipinski definition) is 1. The molecule has 0 amide bonds. The summed E-state index contributed by atoms with van der Waals surface area (Å²) in [4.78, 5) is 4.99. The van der Waals surface area contributed by atoms with Gasteiger partial charge in [0.15, 0.2) is 5.75 Å². The topological polar surface area (TPSA) is 33.1 Å². The molecule has 13 heavy (non-hydrogen) atoms. The smallest absolute Gasteiger partial charge is 0.155 e. The Morgan fingerprint density at radius 1 is 1.31 bits per heavy atom. The molecule has 0 atom stereocenters. The van der Waals surface area contributed by atoms with E-state index in [0.29, 0.717) is 5.52 Å². The van der Waals surface area contributed by atoms with Gasteiger partial charge in [0.1, 0.15) is 5.52 Å². The van der Waals surface area contributed by atoms with Crippen molar-refractivity contribution in [3.63, 3.8) is 0 Å². The van der Waals surface area contributed by atoms with E-state index in [1.54, 1.807) is 6.20 Å². The monoisotopic (exact) mass is 191 g/mol. The van der Waals surface area contributed by atoms with Gasteiger partial charge in [0, 0.05) is 11.6 Å². The number of aromatic hydroxyl groups is 1. The fourth-order valence-corrected chi connectivity index (χ4v) is 1.77. The van der Waals surface area contributed by atoms with E-state index < -0.39 is 0 Å². The highest BCUT2D eigenvalue weighted by Gasteiger charge is 2.04. The largest absolute Gasteiger partial charge is 0.505 e. The van der Waals surface area contributed by atoms with E-state index in [9.17, 15) is 5.11 Å². The Bertz CT molecular complexity index is 442. The molecular weight excluding hydrogens is 182 g/mol. The zero-order chi connectivity index (χ0) is 9.26. The first kappa shape index (κ1) is 8.38. The summed E-state index contributed by atoms with van der Waals surface area (Å²) in [5.41, 5.74) is 0.675. The molecule has 2 nitrogen and oxygen atoms in total. The number of phenols is 1. The van der Waals surface area contributed by atoms with Gasteiger partial charge in [-0.05, 0) is 18.4 Å². The van der Waals surface area contributed by atoms with Crippen LogP contribution in [0.5, 0.6) is 5.75 Å². The summed E-state index contributed by atoms with van der Waals surface area (Å²) in [5, 5.41) is 10.7. The molecule has 1 heterocycles. The predicted octanol–water partition coefficient (Wildman–Crippen LogP) is 2.66. The van der Waals surface area contributed by atoms with Crippen molar-refractivity contribution in [1.82, 2.24) is 4.98 Å². The maximum Gasteiger partial charge on any atom is 0.155 e. The van der Waals surface area contributed by atoms with Gasteiger partial charge in [0.25, 0.3) is 0 Å². The van der Waals surface area contributed by atoms with Gasteiger partial charge in [0.2, 0.25) is 0 Å². The van der Waals surface area contributed by atoms with Crippen LogP contribution in [0.15, 0.2) is 35.4 Å². The number of rotatable bonds is 1. The average molecular weight is 191 g/mol. The third-order valence-corrected chi connectivity index (χ3v) is 2.70. The minimum absolute atomic E-state index is 0.283. The lowest BCUT2D eigenvalue weighted by molar-refractivity contribution is 0.468. The van der Waals surface area contributed by atoms with Crippen molar-refractivity contribution in [3.05, 3.63) is 30.5 Å². The number of phenolic OH excluding ortho intramolecular Hbond substituents is 1. The van der Waals surface area contributed by atoms with Gasteiger partial charge in [-0.1, -0.05) is 12.1 Å². The Hall–Kier alpha value is -1.22. The normalized spacial score (nSPS) is 10.5. The molecule has 1 N–H and O–H groups in total. The van der Waals surface area contributed by atoms with Gasteiger partial charge < -0.3 is 5.11 Å².